The van der Waals surface area contributed by atoms with Crippen molar-refractivity contribution in [3.63, 3.8) is 0 Å². The Kier molecular flexibility index (Phi) is 8.69. The molecule has 3 rings (SSSR count). The van der Waals surface area contributed by atoms with Gasteiger partial charge in [-0.3, -0.25) is 4.79 Å². The number of nitrogens with one attached hydrogen (secondary N) is 1. The first kappa shape index (κ1) is 24.3. The minimum atomic E-state index is -0.527. The predicted octanol–water partition coefficient (Wildman–Crippen LogP) is 6.27. The third kappa shape index (κ3) is 6.80. The van der Waals surface area contributed by atoms with E-state index in [1.165, 1.54) is 12.3 Å². The van der Waals surface area contributed by atoms with E-state index in [9.17, 15) is 9.59 Å². The summed E-state index contributed by atoms with van der Waals surface area (Å²) in [6, 6.07) is 16.7. The van der Waals surface area contributed by atoms with Crippen LogP contribution in [0.3, 0.4) is 0 Å². The van der Waals surface area contributed by atoms with Crippen LogP contribution >= 0.6 is 55.1 Å². The Labute approximate surface area is 210 Å². The van der Waals surface area contributed by atoms with E-state index in [-0.39, 0.29) is 17.4 Å². The van der Waals surface area contributed by atoms with E-state index in [1.807, 2.05) is 0 Å². The lowest BCUT2D eigenvalue weighted by molar-refractivity contribution is -0.123. The van der Waals surface area contributed by atoms with Crippen molar-refractivity contribution in [1.82, 2.24) is 5.43 Å². The van der Waals surface area contributed by atoms with Gasteiger partial charge in [0.25, 0.3) is 5.91 Å². The first-order valence-electron chi connectivity index (χ1n) is 8.99. The second kappa shape index (κ2) is 11.5. The molecule has 0 aliphatic heterocycles. The number of halogens is 4. The Morgan fingerprint density at radius 3 is 2.50 bits per heavy atom. The van der Waals surface area contributed by atoms with Crippen LogP contribution in [-0.2, 0) is 4.79 Å². The summed E-state index contributed by atoms with van der Waals surface area (Å²) >= 11 is 18.6. The molecule has 0 fully saturated rings. The van der Waals surface area contributed by atoms with Gasteiger partial charge in [-0.05, 0) is 58.4 Å². The van der Waals surface area contributed by atoms with Crippen LogP contribution in [0.5, 0.6) is 11.5 Å². The van der Waals surface area contributed by atoms with Crippen LogP contribution in [0.1, 0.15) is 15.9 Å². The molecule has 0 saturated heterocycles. The molecular weight excluding hydrogens is 587 g/mol. The first-order valence-corrected chi connectivity index (χ1v) is 11.3. The molecule has 0 radical (unpaired) electrons. The number of carbonyl (C=O) groups excluding carboxylic acids is 2. The third-order valence-electron chi connectivity index (χ3n) is 3.89. The van der Waals surface area contributed by atoms with Crippen molar-refractivity contribution in [3.05, 3.63) is 90.8 Å². The Bertz CT molecular complexity index is 1170. The zero-order valence-corrected chi connectivity index (χ0v) is 20.8. The molecule has 32 heavy (non-hydrogen) atoms. The fraction of sp³-hybridized carbons (Fsp3) is 0.0455. The molecule has 0 atom stereocenters. The number of ether oxygens (including phenoxy) is 2. The summed E-state index contributed by atoms with van der Waals surface area (Å²) in [5, 5.41) is 4.67. The molecule has 0 aromatic heterocycles. The van der Waals surface area contributed by atoms with Gasteiger partial charge in [0, 0.05) is 15.1 Å². The number of nitrogens with zero attached hydrogens (tertiary/aromatic N) is 1. The monoisotopic (exact) mass is 598 g/mol. The van der Waals surface area contributed by atoms with Crippen LogP contribution < -0.4 is 14.9 Å². The Hall–Kier alpha value is -2.39. The van der Waals surface area contributed by atoms with Crippen LogP contribution in [-0.4, -0.2) is 24.7 Å². The molecule has 1 N–H and O–H groups in total. The lowest BCUT2D eigenvalue weighted by Crippen LogP contribution is -2.24. The van der Waals surface area contributed by atoms with Gasteiger partial charge in [0.15, 0.2) is 12.4 Å². The van der Waals surface area contributed by atoms with Gasteiger partial charge in [0.05, 0.1) is 21.3 Å². The fourth-order valence-electron chi connectivity index (χ4n) is 2.45. The number of hydrazone groups is 1. The normalized spacial score (nSPS) is 10.8. The average Bonchev–Trinajstić information content (AvgIpc) is 2.76. The summed E-state index contributed by atoms with van der Waals surface area (Å²) in [5.74, 6) is -0.463. The third-order valence-corrected chi connectivity index (χ3v) is 5.46. The lowest BCUT2D eigenvalue weighted by Gasteiger charge is -2.10. The maximum absolute atomic E-state index is 12.4. The van der Waals surface area contributed by atoms with Crippen LogP contribution in [0.15, 0.2) is 74.7 Å². The van der Waals surface area contributed by atoms with Crippen LogP contribution in [0, 0.1) is 0 Å². The van der Waals surface area contributed by atoms with Crippen molar-refractivity contribution < 1.29 is 19.1 Å². The van der Waals surface area contributed by atoms with Crippen molar-refractivity contribution in [3.8, 4) is 11.5 Å². The molecule has 0 aliphatic rings. The molecule has 0 spiro atoms. The molecule has 0 unspecified atom stereocenters. The van der Waals surface area contributed by atoms with Crippen LogP contribution in [0.2, 0.25) is 10.0 Å². The van der Waals surface area contributed by atoms with Gasteiger partial charge < -0.3 is 9.47 Å². The maximum atomic E-state index is 12.4. The summed E-state index contributed by atoms with van der Waals surface area (Å²) in [7, 11) is 0. The van der Waals surface area contributed by atoms with Gasteiger partial charge in [-0.1, -0.05) is 57.3 Å². The average molecular weight is 601 g/mol. The number of carbonyl (C=O) groups is 2. The molecule has 6 nitrogen and oxygen atoms in total. The van der Waals surface area contributed by atoms with Crippen molar-refractivity contribution in [1.29, 1.82) is 0 Å². The van der Waals surface area contributed by atoms with Crippen molar-refractivity contribution in [2.45, 2.75) is 0 Å². The standard InChI is InChI=1S/C22H14Br2Cl2N2O4/c23-15-8-14(21(17(24)9-15)32-22(30)13-4-2-1-3-5-13)11-27-28-20(29)12-31-19-7-6-16(25)10-18(19)26/h1-11H,12H2,(H,28,29). The molecule has 10 heteroatoms. The highest BCUT2D eigenvalue weighted by Crippen LogP contribution is 2.32. The molecule has 164 valence electrons. The number of esters is 1. The fourth-order valence-corrected chi connectivity index (χ4v) is 4.25. The number of rotatable bonds is 7. The SMILES string of the molecule is O=C(COc1ccc(Cl)cc1Cl)NN=Cc1cc(Br)cc(Br)c1OC(=O)c1ccccc1. The van der Waals surface area contributed by atoms with Gasteiger partial charge in [-0.15, -0.1) is 0 Å². The van der Waals surface area contributed by atoms with Crippen molar-refractivity contribution in [2.24, 2.45) is 5.10 Å². The first-order chi connectivity index (χ1) is 15.3. The van der Waals surface area contributed by atoms with Crippen molar-refractivity contribution >= 4 is 73.2 Å². The van der Waals surface area contributed by atoms with E-state index >= 15 is 0 Å². The van der Waals surface area contributed by atoms with Gasteiger partial charge in [-0.25, -0.2) is 10.2 Å². The zero-order valence-electron chi connectivity index (χ0n) is 16.2. The van der Waals surface area contributed by atoms with E-state index in [4.69, 9.17) is 32.7 Å². The molecular formula is C22H14Br2Cl2N2O4. The van der Waals surface area contributed by atoms with Gasteiger partial charge in [0.1, 0.15) is 5.75 Å². The predicted molar refractivity (Wildman–Crippen MR) is 131 cm³/mol. The van der Waals surface area contributed by atoms with E-state index in [0.717, 1.165) is 4.47 Å². The highest BCUT2D eigenvalue weighted by molar-refractivity contribution is 9.11. The summed E-state index contributed by atoms with van der Waals surface area (Å²) in [4.78, 5) is 24.5. The minimum Gasteiger partial charge on any atom is -0.482 e. The second-order valence-corrected chi connectivity index (χ2v) is 8.83. The van der Waals surface area contributed by atoms with E-state index in [1.54, 1.807) is 54.6 Å². The number of hydrogen-bond acceptors (Lipinski definition) is 5. The molecule has 0 heterocycles. The van der Waals surface area contributed by atoms with Gasteiger partial charge in [-0.2, -0.15) is 5.10 Å². The van der Waals surface area contributed by atoms with Crippen LogP contribution in [0.4, 0.5) is 0 Å². The van der Waals surface area contributed by atoms with Gasteiger partial charge in [0.2, 0.25) is 0 Å². The highest BCUT2D eigenvalue weighted by atomic mass is 79.9. The lowest BCUT2D eigenvalue weighted by atomic mass is 10.2. The summed E-state index contributed by atoms with van der Waals surface area (Å²) < 4.78 is 12.2. The van der Waals surface area contributed by atoms with E-state index in [0.29, 0.717) is 26.4 Å². The summed E-state index contributed by atoms with van der Waals surface area (Å²) in [6.07, 6.45) is 1.36. The number of hydrogen-bond donors (Lipinski definition) is 1. The molecule has 1 amide bonds. The molecule has 0 aliphatic carbocycles. The minimum absolute atomic E-state index is 0.254. The molecule has 3 aromatic carbocycles. The highest BCUT2D eigenvalue weighted by Gasteiger charge is 2.15. The Morgan fingerprint density at radius 1 is 1.03 bits per heavy atom. The number of amides is 1. The summed E-state index contributed by atoms with van der Waals surface area (Å²) in [5.41, 5.74) is 3.20. The Morgan fingerprint density at radius 2 is 1.78 bits per heavy atom. The quantitative estimate of drug-likeness (QED) is 0.150. The molecule has 0 bridgehead atoms. The Balaban J connectivity index is 1.66. The summed E-state index contributed by atoms with van der Waals surface area (Å²) in [6.45, 7) is -0.309. The van der Waals surface area contributed by atoms with E-state index < -0.39 is 11.9 Å². The van der Waals surface area contributed by atoms with Crippen LogP contribution in [0.25, 0.3) is 0 Å². The number of benzene rings is 3. The second-order valence-electron chi connectivity index (χ2n) is 6.22. The largest absolute Gasteiger partial charge is 0.482 e. The topological polar surface area (TPSA) is 77.0 Å². The van der Waals surface area contributed by atoms with E-state index in [2.05, 4.69) is 42.4 Å². The molecule has 0 saturated carbocycles. The van der Waals surface area contributed by atoms with Crippen molar-refractivity contribution in [2.75, 3.05) is 6.61 Å². The zero-order chi connectivity index (χ0) is 23.1. The smallest absolute Gasteiger partial charge is 0.343 e. The van der Waals surface area contributed by atoms with Gasteiger partial charge >= 0.3 is 5.97 Å². The molecule has 3 aromatic rings. The maximum Gasteiger partial charge on any atom is 0.343 e.